The third-order valence-corrected chi connectivity index (χ3v) is 5.39. The number of rotatable bonds is 4. The zero-order chi connectivity index (χ0) is 20.7. The minimum atomic E-state index is -0.228. The number of hydrogen-bond donors (Lipinski definition) is 1. The van der Waals surface area contributed by atoms with E-state index < -0.39 is 0 Å². The molecule has 1 N–H and O–H groups in total. The van der Waals surface area contributed by atoms with Gasteiger partial charge in [-0.3, -0.25) is 9.80 Å². The average molecular weight is 400 g/mol. The maximum atomic E-state index is 12.5. The molecule has 0 fully saturated rings. The van der Waals surface area contributed by atoms with Crippen LogP contribution in [0.5, 0.6) is 5.75 Å². The first-order chi connectivity index (χ1) is 14.7. The fourth-order valence-electron chi connectivity index (χ4n) is 3.97. The smallest absolute Gasteiger partial charge is 0.262 e. The van der Waals surface area contributed by atoms with Crippen LogP contribution in [0.1, 0.15) is 29.3 Å². The number of aromatic amines is 1. The molecule has 30 heavy (non-hydrogen) atoms. The fraction of sp³-hybridized carbons (Fsp3) is 0.174. The van der Waals surface area contributed by atoms with Gasteiger partial charge in [-0.1, -0.05) is 30.3 Å². The quantitative estimate of drug-likeness (QED) is 0.555. The normalized spacial score (nSPS) is 16.1. The number of aromatic nitrogens is 2. The molecule has 1 atom stereocenters. The maximum absolute atomic E-state index is 12.5. The molecule has 2 aromatic heterocycles. The van der Waals surface area contributed by atoms with E-state index in [4.69, 9.17) is 14.3 Å². The van der Waals surface area contributed by atoms with Gasteiger partial charge >= 0.3 is 0 Å². The summed E-state index contributed by atoms with van der Waals surface area (Å²) >= 11 is 0. The van der Waals surface area contributed by atoms with Gasteiger partial charge in [-0.2, -0.15) is 5.10 Å². The Kier molecular flexibility index (Phi) is 4.35. The lowest BCUT2D eigenvalue weighted by molar-refractivity contribution is 0.414. The van der Waals surface area contributed by atoms with Gasteiger partial charge in [0.2, 0.25) is 5.71 Å². The molecule has 0 aliphatic carbocycles. The van der Waals surface area contributed by atoms with Crippen molar-refractivity contribution in [3.05, 3.63) is 88.2 Å². The first kappa shape index (κ1) is 18.2. The molecule has 1 aliphatic heterocycles. The molecule has 1 aliphatic rings. The second-order valence-corrected chi connectivity index (χ2v) is 7.16. The van der Waals surface area contributed by atoms with Crippen LogP contribution >= 0.6 is 0 Å². The molecule has 4 aromatic rings. The Morgan fingerprint density at radius 3 is 2.63 bits per heavy atom. The highest BCUT2D eigenvalue weighted by Crippen LogP contribution is 2.38. The maximum Gasteiger partial charge on any atom is 0.262 e. The van der Waals surface area contributed by atoms with Gasteiger partial charge in [0.1, 0.15) is 16.9 Å². The molecule has 7 heteroatoms. The highest BCUT2D eigenvalue weighted by atomic mass is 16.5. The van der Waals surface area contributed by atoms with Gasteiger partial charge in [-0.25, -0.2) is 4.98 Å². The zero-order valence-corrected chi connectivity index (χ0v) is 16.6. The van der Waals surface area contributed by atoms with E-state index in [1.54, 1.807) is 7.11 Å². The number of benzene rings is 2. The third-order valence-electron chi connectivity index (χ3n) is 5.39. The van der Waals surface area contributed by atoms with Crippen molar-refractivity contribution in [2.45, 2.75) is 19.4 Å². The molecule has 5 rings (SSSR count). The highest BCUT2D eigenvalue weighted by molar-refractivity contribution is 6.12. The number of furan rings is 1. The van der Waals surface area contributed by atoms with Crippen LogP contribution in [0.25, 0.3) is 11.1 Å². The van der Waals surface area contributed by atoms with Crippen molar-refractivity contribution in [3.8, 4) is 5.75 Å². The van der Waals surface area contributed by atoms with Crippen LogP contribution in [0.4, 0.5) is 5.69 Å². The number of nitrogens with zero attached hydrogens (tertiary/aromatic N) is 3. The van der Waals surface area contributed by atoms with Crippen LogP contribution in [-0.4, -0.2) is 22.8 Å². The van der Waals surface area contributed by atoms with Crippen molar-refractivity contribution in [1.29, 1.82) is 0 Å². The first-order valence-corrected chi connectivity index (χ1v) is 9.68. The van der Waals surface area contributed by atoms with Gasteiger partial charge in [0.05, 0.1) is 36.4 Å². The lowest BCUT2D eigenvalue weighted by Gasteiger charge is -2.24. The van der Waals surface area contributed by atoms with E-state index in [2.05, 4.69) is 9.97 Å². The molecular weight excluding hydrogens is 380 g/mol. The Morgan fingerprint density at radius 1 is 1.13 bits per heavy atom. The number of aryl methyl sites for hydroxylation is 1. The number of nitrogens with one attached hydrogen (secondary N) is 1. The van der Waals surface area contributed by atoms with Crippen molar-refractivity contribution in [2.75, 3.05) is 12.1 Å². The second-order valence-electron chi connectivity index (χ2n) is 7.16. The molecule has 0 saturated heterocycles. The van der Waals surface area contributed by atoms with Gasteiger partial charge in [0.15, 0.2) is 0 Å². The van der Waals surface area contributed by atoms with Crippen LogP contribution in [0.3, 0.4) is 0 Å². The van der Waals surface area contributed by atoms with Gasteiger partial charge in [0.25, 0.3) is 5.56 Å². The van der Waals surface area contributed by atoms with Crippen LogP contribution < -0.4 is 15.3 Å². The molecule has 0 saturated carbocycles. The lowest BCUT2D eigenvalue weighted by Crippen LogP contribution is -2.18. The lowest BCUT2D eigenvalue weighted by atomic mass is 9.97. The zero-order valence-electron chi connectivity index (χ0n) is 16.6. The summed E-state index contributed by atoms with van der Waals surface area (Å²) in [6, 6.07) is 18.0. The van der Waals surface area contributed by atoms with Gasteiger partial charge < -0.3 is 14.1 Å². The van der Waals surface area contributed by atoms with E-state index in [0.717, 1.165) is 28.3 Å². The molecule has 0 radical (unpaired) electrons. The van der Waals surface area contributed by atoms with Gasteiger partial charge in [0, 0.05) is 6.42 Å². The molecule has 2 aromatic carbocycles. The Bertz CT molecular complexity index is 1290. The standard InChI is InChI=1S/C23H20N4O3/c1-14-20(21-22(28)24-13-25-23(21)30-14)18-12-19(15-8-10-17(29-2)11-9-15)27(26-18)16-6-4-3-5-7-16/h3-11,13,19H,12H2,1-2H3,(H,24,25,28). The number of fused-ring (bicyclic) bond motifs is 1. The van der Waals surface area contributed by atoms with Crippen LogP contribution in [0.15, 0.2) is 75.2 Å². The summed E-state index contributed by atoms with van der Waals surface area (Å²) in [7, 11) is 1.65. The summed E-state index contributed by atoms with van der Waals surface area (Å²) in [6.07, 6.45) is 1.98. The van der Waals surface area contributed by atoms with Crippen molar-refractivity contribution in [2.24, 2.45) is 5.10 Å². The predicted octanol–water partition coefficient (Wildman–Crippen LogP) is 4.19. The highest BCUT2D eigenvalue weighted by Gasteiger charge is 2.33. The summed E-state index contributed by atoms with van der Waals surface area (Å²) in [5.41, 5.74) is 3.70. The Balaban J connectivity index is 1.64. The van der Waals surface area contributed by atoms with Crippen molar-refractivity contribution >= 4 is 22.5 Å². The fourth-order valence-corrected chi connectivity index (χ4v) is 3.97. The van der Waals surface area contributed by atoms with Crippen molar-refractivity contribution in [1.82, 2.24) is 9.97 Å². The molecule has 150 valence electrons. The Labute approximate surface area is 172 Å². The number of para-hydroxylation sites is 1. The van der Waals surface area contributed by atoms with Crippen molar-refractivity contribution < 1.29 is 9.15 Å². The molecular formula is C23H20N4O3. The minimum absolute atomic E-state index is 0.0200. The predicted molar refractivity (Wildman–Crippen MR) is 115 cm³/mol. The summed E-state index contributed by atoms with van der Waals surface area (Å²) in [5.74, 6) is 1.44. The molecule has 7 nitrogen and oxygen atoms in total. The molecule has 1 unspecified atom stereocenters. The van der Waals surface area contributed by atoms with Crippen LogP contribution in [0.2, 0.25) is 0 Å². The first-order valence-electron chi connectivity index (χ1n) is 9.68. The van der Waals surface area contributed by atoms with E-state index in [9.17, 15) is 4.79 Å². The SMILES string of the molecule is COc1ccc(C2CC(c3c(C)oc4nc[nH]c(=O)c34)=NN2c2ccccc2)cc1. The average Bonchev–Trinajstić information content (AvgIpc) is 3.36. The molecule has 0 bridgehead atoms. The van der Waals surface area contributed by atoms with E-state index in [1.807, 2.05) is 66.5 Å². The monoisotopic (exact) mass is 400 g/mol. The molecule has 3 heterocycles. The number of hydrogen-bond acceptors (Lipinski definition) is 6. The number of H-pyrrole nitrogens is 1. The largest absolute Gasteiger partial charge is 0.497 e. The van der Waals surface area contributed by atoms with E-state index >= 15 is 0 Å². The summed E-state index contributed by atoms with van der Waals surface area (Å²) in [4.78, 5) is 19.3. The number of methoxy groups -OCH3 is 1. The Morgan fingerprint density at radius 2 is 1.90 bits per heavy atom. The van der Waals surface area contributed by atoms with E-state index in [0.29, 0.717) is 23.3 Å². The van der Waals surface area contributed by atoms with Crippen LogP contribution in [-0.2, 0) is 0 Å². The van der Waals surface area contributed by atoms with Crippen LogP contribution in [0, 0.1) is 6.92 Å². The second kappa shape index (κ2) is 7.18. The summed E-state index contributed by atoms with van der Waals surface area (Å²) in [5, 5.41) is 7.37. The molecule has 0 spiro atoms. The summed E-state index contributed by atoms with van der Waals surface area (Å²) < 4.78 is 11.1. The minimum Gasteiger partial charge on any atom is -0.497 e. The third kappa shape index (κ3) is 2.95. The molecule has 0 amide bonds. The van der Waals surface area contributed by atoms with Gasteiger partial charge in [-0.05, 0) is 36.8 Å². The van der Waals surface area contributed by atoms with Crippen molar-refractivity contribution in [3.63, 3.8) is 0 Å². The van der Waals surface area contributed by atoms with Gasteiger partial charge in [-0.15, -0.1) is 0 Å². The Hall–Kier alpha value is -3.87. The topological polar surface area (TPSA) is 83.7 Å². The van der Waals surface area contributed by atoms with E-state index in [-0.39, 0.29) is 11.6 Å². The summed E-state index contributed by atoms with van der Waals surface area (Å²) in [6.45, 7) is 1.84. The number of ether oxygens (including phenoxy) is 1. The number of hydrazone groups is 1. The number of anilines is 1. The van der Waals surface area contributed by atoms with E-state index in [1.165, 1.54) is 6.33 Å².